The Bertz CT molecular complexity index is 836. The van der Waals surface area contributed by atoms with Gasteiger partial charge in [-0.3, -0.25) is 14.9 Å². The summed E-state index contributed by atoms with van der Waals surface area (Å²) in [7, 11) is 0. The maximum absolute atomic E-state index is 12.1. The minimum Gasteiger partial charge on any atom is -0.493 e. The molecule has 0 bridgehead atoms. The van der Waals surface area contributed by atoms with Crippen molar-refractivity contribution in [3.8, 4) is 16.3 Å². The quantitative estimate of drug-likeness (QED) is 0.654. The summed E-state index contributed by atoms with van der Waals surface area (Å²) in [5.74, 6) is -0.568. The van der Waals surface area contributed by atoms with Crippen molar-refractivity contribution in [3.05, 3.63) is 35.3 Å². The van der Waals surface area contributed by atoms with E-state index in [1.54, 1.807) is 12.3 Å². The van der Waals surface area contributed by atoms with Crippen molar-refractivity contribution in [2.75, 3.05) is 13.2 Å². The number of aromatic nitrogens is 1. The summed E-state index contributed by atoms with van der Waals surface area (Å²) in [4.78, 5) is 39.7. The van der Waals surface area contributed by atoms with Crippen molar-refractivity contribution in [2.24, 2.45) is 0 Å². The second-order valence-corrected chi connectivity index (χ2v) is 6.59. The standard InChI is InChI=1S/C19H23N3O5S/c1-4-20-19(25)22-17(24)12(3)27-16(23)10-13-11-28-18(21-13)14-8-6-7-9-15(14)26-5-2/h6-9,11-12H,4-5,10H2,1-3H3,(H2,20,22,24,25). The van der Waals surface area contributed by atoms with Crippen LogP contribution in [-0.4, -0.2) is 42.1 Å². The molecule has 1 aromatic carbocycles. The number of amides is 3. The van der Waals surface area contributed by atoms with Crippen molar-refractivity contribution in [2.45, 2.75) is 33.3 Å². The Hall–Kier alpha value is -2.94. The number of esters is 1. The SMILES string of the molecule is CCNC(=O)NC(=O)C(C)OC(=O)Cc1csc(-c2ccccc2OCC)n1. The van der Waals surface area contributed by atoms with E-state index in [2.05, 4.69) is 15.6 Å². The molecule has 9 heteroatoms. The molecular formula is C19H23N3O5S. The van der Waals surface area contributed by atoms with Gasteiger partial charge >= 0.3 is 12.0 Å². The van der Waals surface area contributed by atoms with Crippen molar-refractivity contribution >= 4 is 29.2 Å². The van der Waals surface area contributed by atoms with Crippen molar-refractivity contribution in [1.82, 2.24) is 15.6 Å². The van der Waals surface area contributed by atoms with E-state index in [9.17, 15) is 14.4 Å². The van der Waals surface area contributed by atoms with Crippen LogP contribution in [0.2, 0.25) is 0 Å². The van der Waals surface area contributed by atoms with Crippen LogP contribution >= 0.6 is 11.3 Å². The Kier molecular flexibility index (Phi) is 7.94. The number of imide groups is 1. The van der Waals surface area contributed by atoms with Gasteiger partial charge in [0.05, 0.1) is 24.3 Å². The molecule has 2 aromatic rings. The number of ether oxygens (including phenoxy) is 2. The van der Waals surface area contributed by atoms with E-state index >= 15 is 0 Å². The Balaban J connectivity index is 1.95. The minimum atomic E-state index is -1.09. The van der Waals surface area contributed by atoms with E-state index in [0.29, 0.717) is 18.8 Å². The molecule has 8 nitrogen and oxygen atoms in total. The summed E-state index contributed by atoms with van der Waals surface area (Å²) in [5.41, 5.74) is 1.39. The van der Waals surface area contributed by atoms with Crippen LogP contribution in [0.5, 0.6) is 5.75 Å². The minimum absolute atomic E-state index is 0.0773. The predicted molar refractivity (Wildman–Crippen MR) is 105 cm³/mol. The van der Waals surface area contributed by atoms with Crippen LogP contribution in [0.15, 0.2) is 29.6 Å². The number of carbonyl (C=O) groups is 3. The van der Waals surface area contributed by atoms with E-state index in [0.717, 1.165) is 16.3 Å². The third-order valence-corrected chi connectivity index (χ3v) is 4.47. The van der Waals surface area contributed by atoms with E-state index < -0.39 is 24.0 Å². The third kappa shape index (κ3) is 6.05. The van der Waals surface area contributed by atoms with Gasteiger partial charge in [0.1, 0.15) is 10.8 Å². The normalized spacial score (nSPS) is 11.4. The number of rotatable bonds is 8. The zero-order chi connectivity index (χ0) is 20.5. The molecule has 1 aromatic heterocycles. The summed E-state index contributed by atoms with van der Waals surface area (Å²) in [6.07, 6.45) is -1.17. The van der Waals surface area contributed by atoms with Gasteiger partial charge < -0.3 is 14.8 Å². The fourth-order valence-corrected chi connectivity index (χ4v) is 3.14. The van der Waals surface area contributed by atoms with Gasteiger partial charge in [0.25, 0.3) is 5.91 Å². The van der Waals surface area contributed by atoms with Crippen LogP contribution in [0, 0.1) is 0 Å². The van der Waals surface area contributed by atoms with E-state index in [4.69, 9.17) is 9.47 Å². The maximum atomic E-state index is 12.1. The molecule has 0 saturated heterocycles. The number of para-hydroxylation sites is 1. The number of nitrogens with zero attached hydrogens (tertiary/aromatic N) is 1. The molecule has 0 fully saturated rings. The molecule has 28 heavy (non-hydrogen) atoms. The molecule has 0 radical (unpaired) electrons. The molecule has 0 aliphatic heterocycles. The topological polar surface area (TPSA) is 107 Å². The highest BCUT2D eigenvalue weighted by molar-refractivity contribution is 7.13. The smallest absolute Gasteiger partial charge is 0.321 e. The monoisotopic (exact) mass is 405 g/mol. The second kappa shape index (κ2) is 10.4. The molecule has 0 saturated carbocycles. The van der Waals surface area contributed by atoms with E-state index in [-0.39, 0.29) is 6.42 Å². The summed E-state index contributed by atoms with van der Waals surface area (Å²) in [6.45, 7) is 5.95. The molecule has 2 N–H and O–H groups in total. The van der Waals surface area contributed by atoms with Crippen LogP contribution < -0.4 is 15.4 Å². The van der Waals surface area contributed by atoms with Gasteiger partial charge in [-0.25, -0.2) is 9.78 Å². The van der Waals surface area contributed by atoms with Gasteiger partial charge in [0.2, 0.25) is 0 Å². The van der Waals surface area contributed by atoms with Crippen molar-refractivity contribution in [1.29, 1.82) is 0 Å². The van der Waals surface area contributed by atoms with Gasteiger partial charge in [-0.05, 0) is 32.9 Å². The van der Waals surface area contributed by atoms with Crippen LogP contribution in [-0.2, 0) is 20.7 Å². The van der Waals surface area contributed by atoms with Gasteiger partial charge in [0.15, 0.2) is 6.10 Å². The third-order valence-electron chi connectivity index (χ3n) is 3.55. The Morgan fingerprint density at radius 2 is 1.96 bits per heavy atom. The Morgan fingerprint density at radius 3 is 2.68 bits per heavy atom. The fraction of sp³-hybridized carbons (Fsp3) is 0.368. The largest absolute Gasteiger partial charge is 0.493 e. The number of hydrogen-bond donors (Lipinski definition) is 2. The average Bonchev–Trinajstić information content (AvgIpc) is 3.10. The van der Waals surface area contributed by atoms with E-state index in [1.807, 2.05) is 31.2 Å². The number of thiazole rings is 1. The van der Waals surface area contributed by atoms with Gasteiger partial charge in [-0.15, -0.1) is 11.3 Å². The summed E-state index contributed by atoms with van der Waals surface area (Å²) in [6, 6.07) is 6.91. The van der Waals surface area contributed by atoms with Crippen LogP contribution in [0.1, 0.15) is 26.5 Å². The lowest BCUT2D eigenvalue weighted by molar-refractivity contribution is -0.153. The average molecular weight is 405 g/mol. The first kappa shape index (κ1) is 21.4. The number of nitrogens with one attached hydrogen (secondary N) is 2. The lowest BCUT2D eigenvalue weighted by Gasteiger charge is -2.12. The number of carbonyl (C=O) groups excluding carboxylic acids is 3. The zero-order valence-corrected chi connectivity index (χ0v) is 16.8. The maximum Gasteiger partial charge on any atom is 0.321 e. The summed E-state index contributed by atoms with van der Waals surface area (Å²) >= 11 is 1.39. The predicted octanol–water partition coefficient (Wildman–Crippen LogP) is 2.53. The molecule has 3 amide bonds. The lowest BCUT2D eigenvalue weighted by Crippen LogP contribution is -2.44. The number of urea groups is 1. The van der Waals surface area contributed by atoms with Crippen LogP contribution in [0.3, 0.4) is 0 Å². The highest BCUT2D eigenvalue weighted by Crippen LogP contribution is 2.32. The summed E-state index contributed by atoms with van der Waals surface area (Å²) < 4.78 is 10.7. The van der Waals surface area contributed by atoms with Gasteiger partial charge in [0, 0.05) is 11.9 Å². The summed E-state index contributed by atoms with van der Waals surface area (Å²) in [5, 5.41) is 7.02. The van der Waals surface area contributed by atoms with Crippen LogP contribution in [0.4, 0.5) is 4.79 Å². The Morgan fingerprint density at radius 1 is 1.21 bits per heavy atom. The highest BCUT2D eigenvalue weighted by atomic mass is 32.1. The Labute approximate surface area is 167 Å². The molecule has 1 heterocycles. The first-order chi connectivity index (χ1) is 13.4. The number of benzene rings is 1. The van der Waals surface area contributed by atoms with Crippen molar-refractivity contribution in [3.63, 3.8) is 0 Å². The molecule has 1 unspecified atom stereocenters. The molecule has 150 valence electrons. The molecule has 0 aliphatic rings. The van der Waals surface area contributed by atoms with Gasteiger partial charge in [-0.2, -0.15) is 0 Å². The lowest BCUT2D eigenvalue weighted by atomic mass is 10.2. The highest BCUT2D eigenvalue weighted by Gasteiger charge is 2.21. The van der Waals surface area contributed by atoms with Gasteiger partial charge in [-0.1, -0.05) is 12.1 Å². The molecule has 2 rings (SSSR count). The zero-order valence-electron chi connectivity index (χ0n) is 16.0. The first-order valence-electron chi connectivity index (χ1n) is 8.89. The molecular weight excluding hydrogens is 382 g/mol. The van der Waals surface area contributed by atoms with E-state index in [1.165, 1.54) is 18.3 Å². The van der Waals surface area contributed by atoms with Crippen molar-refractivity contribution < 1.29 is 23.9 Å². The molecule has 1 atom stereocenters. The second-order valence-electron chi connectivity index (χ2n) is 5.73. The molecule has 0 aliphatic carbocycles. The fourth-order valence-electron chi connectivity index (χ4n) is 2.30. The molecule has 0 spiro atoms. The number of hydrogen-bond acceptors (Lipinski definition) is 7. The first-order valence-corrected chi connectivity index (χ1v) is 9.77. The van der Waals surface area contributed by atoms with Crippen LogP contribution in [0.25, 0.3) is 10.6 Å².